The molecule has 0 amide bonds. The molecular weight excluding hydrogens is 291 g/mol. The average Bonchev–Trinajstić information content (AvgIpc) is 2.56. The quantitative estimate of drug-likeness (QED) is 0.622. The smallest absolute Gasteiger partial charge is 0.358 e. The van der Waals surface area contributed by atoms with E-state index in [0.29, 0.717) is 32.0 Å². The van der Waals surface area contributed by atoms with E-state index in [-0.39, 0.29) is 11.6 Å². The molecule has 0 aromatic carbocycles. The highest BCUT2D eigenvalue weighted by molar-refractivity contribution is 5.44. The Morgan fingerprint density at radius 3 is 2.09 bits per heavy atom. The SMILES string of the molecule is O=[N+]([O-])c1cnc(N2CCN(c3ccc(F)cn3)CC2)cn1. The van der Waals surface area contributed by atoms with Gasteiger partial charge in [-0.3, -0.25) is 0 Å². The molecule has 8 nitrogen and oxygen atoms in total. The van der Waals surface area contributed by atoms with E-state index in [1.807, 2.05) is 4.90 Å². The van der Waals surface area contributed by atoms with Crippen LogP contribution in [0, 0.1) is 15.9 Å². The van der Waals surface area contributed by atoms with Gasteiger partial charge >= 0.3 is 5.82 Å². The number of nitrogens with zero attached hydrogens (tertiary/aromatic N) is 6. The van der Waals surface area contributed by atoms with Gasteiger partial charge < -0.3 is 19.9 Å². The van der Waals surface area contributed by atoms with Gasteiger partial charge in [-0.1, -0.05) is 0 Å². The minimum absolute atomic E-state index is 0.266. The normalized spacial score (nSPS) is 15.0. The van der Waals surface area contributed by atoms with Crippen LogP contribution in [0.3, 0.4) is 0 Å². The topological polar surface area (TPSA) is 88.3 Å². The number of aromatic nitrogens is 3. The third-order valence-electron chi connectivity index (χ3n) is 3.45. The number of nitro groups is 1. The van der Waals surface area contributed by atoms with Crippen LogP contribution in [-0.4, -0.2) is 46.1 Å². The highest BCUT2D eigenvalue weighted by Crippen LogP contribution is 2.18. The van der Waals surface area contributed by atoms with Gasteiger partial charge in [-0.15, -0.1) is 0 Å². The van der Waals surface area contributed by atoms with Crippen LogP contribution in [0.25, 0.3) is 0 Å². The first-order valence-corrected chi connectivity index (χ1v) is 6.71. The Morgan fingerprint density at radius 2 is 1.59 bits per heavy atom. The van der Waals surface area contributed by atoms with Crippen molar-refractivity contribution in [2.75, 3.05) is 36.0 Å². The molecule has 0 radical (unpaired) electrons. The zero-order chi connectivity index (χ0) is 15.5. The maximum absolute atomic E-state index is 12.9. The van der Waals surface area contributed by atoms with Crippen molar-refractivity contribution in [1.82, 2.24) is 15.0 Å². The number of piperazine rings is 1. The first-order valence-electron chi connectivity index (χ1n) is 6.71. The van der Waals surface area contributed by atoms with Crippen LogP contribution >= 0.6 is 0 Å². The van der Waals surface area contributed by atoms with Crippen molar-refractivity contribution in [2.24, 2.45) is 0 Å². The molecule has 0 atom stereocenters. The highest BCUT2D eigenvalue weighted by Gasteiger charge is 2.20. The van der Waals surface area contributed by atoms with E-state index in [2.05, 4.69) is 19.9 Å². The van der Waals surface area contributed by atoms with E-state index in [0.717, 1.165) is 12.0 Å². The van der Waals surface area contributed by atoms with Gasteiger partial charge in [-0.25, -0.2) is 14.4 Å². The molecule has 3 heterocycles. The standard InChI is InChI=1S/C13H13FN6O2/c14-10-1-2-11(15-7-10)18-3-5-19(6-4-18)12-8-17-13(9-16-12)20(21)22/h1-2,7-9H,3-6H2. The maximum Gasteiger partial charge on any atom is 0.382 e. The summed E-state index contributed by atoms with van der Waals surface area (Å²) in [6.07, 6.45) is 3.76. The van der Waals surface area contributed by atoms with Gasteiger partial charge in [0.15, 0.2) is 12.0 Å². The highest BCUT2D eigenvalue weighted by atomic mass is 19.1. The number of hydrogen-bond acceptors (Lipinski definition) is 7. The molecule has 2 aromatic heterocycles. The molecule has 1 saturated heterocycles. The fourth-order valence-corrected chi connectivity index (χ4v) is 2.29. The van der Waals surface area contributed by atoms with Gasteiger partial charge in [0.05, 0.1) is 6.20 Å². The summed E-state index contributed by atoms with van der Waals surface area (Å²) in [7, 11) is 0. The molecule has 0 saturated carbocycles. The van der Waals surface area contributed by atoms with Crippen LogP contribution in [0.5, 0.6) is 0 Å². The molecule has 0 unspecified atom stereocenters. The van der Waals surface area contributed by atoms with Crippen molar-refractivity contribution < 1.29 is 9.31 Å². The van der Waals surface area contributed by atoms with E-state index in [1.54, 1.807) is 6.07 Å². The van der Waals surface area contributed by atoms with Crippen LogP contribution in [-0.2, 0) is 0 Å². The van der Waals surface area contributed by atoms with E-state index >= 15 is 0 Å². The maximum atomic E-state index is 12.9. The number of anilines is 2. The predicted octanol–water partition coefficient (Wildman–Crippen LogP) is 1.25. The minimum atomic E-state index is -0.574. The third-order valence-corrected chi connectivity index (χ3v) is 3.45. The second-order valence-electron chi connectivity index (χ2n) is 4.80. The average molecular weight is 304 g/mol. The minimum Gasteiger partial charge on any atom is -0.358 e. The Morgan fingerprint density at radius 1 is 0.955 bits per heavy atom. The summed E-state index contributed by atoms with van der Waals surface area (Å²) < 4.78 is 12.9. The lowest BCUT2D eigenvalue weighted by Crippen LogP contribution is -2.47. The van der Waals surface area contributed by atoms with Gasteiger partial charge in [0.2, 0.25) is 0 Å². The van der Waals surface area contributed by atoms with E-state index in [1.165, 1.54) is 18.5 Å². The fraction of sp³-hybridized carbons (Fsp3) is 0.308. The molecule has 0 spiro atoms. The van der Waals surface area contributed by atoms with Crippen molar-refractivity contribution >= 4 is 17.5 Å². The third kappa shape index (κ3) is 2.92. The van der Waals surface area contributed by atoms with Crippen molar-refractivity contribution in [1.29, 1.82) is 0 Å². The zero-order valence-electron chi connectivity index (χ0n) is 11.6. The number of rotatable bonds is 3. The number of hydrogen-bond donors (Lipinski definition) is 0. The van der Waals surface area contributed by atoms with Gasteiger partial charge in [-0.05, 0) is 22.0 Å². The van der Waals surface area contributed by atoms with E-state index in [9.17, 15) is 14.5 Å². The summed E-state index contributed by atoms with van der Waals surface area (Å²) in [6, 6.07) is 3.03. The van der Waals surface area contributed by atoms with Crippen molar-refractivity contribution in [3.63, 3.8) is 0 Å². The van der Waals surface area contributed by atoms with Crippen LogP contribution in [0.1, 0.15) is 0 Å². The number of pyridine rings is 1. The summed E-state index contributed by atoms with van der Waals surface area (Å²) in [6.45, 7) is 2.78. The summed E-state index contributed by atoms with van der Waals surface area (Å²) in [5, 5.41) is 10.6. The Kier molecular flexibility index (Phi) is 3.77. The van der Waals surface area contributed by atoms with Gasteiger partial charge in [0.25, 0.3) is 0 Å². The molecule has 114 valence electrons. The Bertz CT molecular complexity index is 655. The molecular formula is C13H13FN6O2. The van der Waals surface area contributed by atoms with E-state index in [4.69, 9.17) is 0 Å². The largest absolute Gasteiger partial charge is 0.382 e. The van der Waals surface area contributed by atoms with Crippen LogP contribution in [0.4, 0.5) is 21.8 Å². The fourth-order valence-electron chi connectivity index (χ4n) is 2.29. The van der Waals surface area contributed by atoms with Crippen molar-refractivity contribution in [3.8, 4) is 0 Å². The Hall–Kier alpha value is -2.84. The summed E-state index contributed by atoms with van der Waals surface area (Å²) in [5.41, 5.74) is 0. The molecule has 9 heteroatoms. The lowest BCUT2D eigenvalue weighted by molar-refractivity contribution is -0.389. The number of halogens is 1. The molecule has 0 bridgehead atoms. The molecule has 1 fully saturated rings. The lowest BCUT2D eigenvalue weighted by atomic mass is 10.3. The molecule has 0 aliphatic carbocycles. The zero-order valence-corrected chi connectivity index (χ0v) is 11.6. The first kappa shape index (κ1) is 14.1. The summed E-state index contributed by atoms with van der Waals surface area (Å²) in [4.78, 5) is 25.9. The predicted molar refractivity (Wildman–Crippen MR) is 77.3 cm³/mol. The van der Waals surface area contributed by atoms with Crippen LogP contribution < -0.4 is 9.80 Å². The second-order valence-corrected chi connectivity index (χ2v) is 4.80. The monoisotopic (exact) mass is 304 g/mol. The summed E-state index contributed by atoms with van der Waals surface area (Å²) >= 11 is 0. The van der Waals surface area contributed by atoms with Crippen molar-refractivity contribution in [2.45, 2.75) is 0 Å². The molecule has 1 aliphatic rings. The summed E-state index contributed by atoms with van der Waals surface area (Å²) in [5.74, 6) is 0.717. The Labute approximate surface area is 125 Å². The molecule has 0 N–H and O–H groups in total. The first-order chi connectivity index (χ1) is 10.6. The van der Waals surface area contributed by atoms with Crippen molar-refractivity contribution in [3.05, 3.63) is 46.7 Å². The van der Waals surface area contributed by atoms with E-state index < -0.39 is 4.92 Å². The lowest BCUT2D eigenvalue weighted by Gasteiger charge is -2.35. The van der Waals surface area contributed by atoms with Gasteiger partial charge in [0, 0.05) is 26.2 Å². The Balaban J connectivity index is 1.63. The molecule has 2 aromatic rings. The van der Waals surface area contributed by atoms with Gasteiger partial charge in [0.1, 0.15) is 17.8 Å². The molecule has 22 heavy (non-hydrogen) atoms. The van der Waals surface area contributed by atoms with Gasteiger partial charge in [-0.2, -0.15) is 0 Å². The molecule has 1 aliphatic heterocycles. The second kappa shape index (κ2) is 5.88. The molecule has 3 rings (SSSR count). The van der Waals surface area contributed by atoms with Crippen LogP contribution in [0.2, 0.25) is 0 Å². The van der Waals surface area contributed by atoms with Crippen LogP contribution in [0.15, 0.2) is 30.7 Å².